The number of amides is 1. The zero-order valence-corrected chi connectivity index (χ0v) is 15.5. The molecule has 0 radical (unpaired) electrons. The third-order valence-corrected chi connectivity index (χ3v) is 4.85. The number of ether oxygens (including phenoxy) is 1. The zero-order chi connectivity index (χ0) is 17.0. The van der Waals surface area contributed by atoms with E-state index in [2.05, 4.69) is 29.4 Å². The van der Waals surface area contributed by atoms with E-state index in [-0.39, 0.29) is 12.1 Å². The van der Waals surface area contributed by atoms with Crippen LogP contribution in [0.5, 0.6) is 0 Å². The Balaban J connectivity index is 1.64. The topological polar surface area (TPSA) is 53.6 Å². The van der Waals surface area contributed by atoms with Gasteiger partial charge in [-0.05, 0) is 65.5 Å². The summed E-state index contributed by atoms with van der Waals surface area (Å²) in [5.41, 5.74) is -0.425. The van der Waals surface area contributed by atoms with E-state index in [1.165, 1.54) is 25.9 Å². The fourth-order valence-corrected chi connectivity index (χ4v) is 3.52. The molecule has 5 heteroatoms. The predicted molar refractivity (Wildman–Crippen MR) is 93.6 cm³/mol. The quantitative estimate of drug-likeness (QED) is 0.788. The van der Waals surface area contributed by atoms with E-state index in [1.807, 2.05) is 20.8 Å². The Bertz CT molecular complexity index is 380. The van der Waals surface area contributed by atoms with Crippen LogP contribution in [-0.4, -0.2) is 54.4 Å². The molecule has 1 saturated heterocycles. The minimum absolute atomic E-state index is 0.256. The van der Waals surface area contributed by atoms with Crippen LogP contribution in [0.2, 0.25) is 0 Å². The molecule has 0 aromatic rings. The second-order valence-electron chi connectivity index (χ2n) is 8.47. The standard InChI is InChI=1S/C18H35N3O2/c1-13(2)16(21-8-6-7-9-21)12-19-14-10-15(11-14)20-17(22)23-18(3,4)5/h13-16,19H,6-12H2,1-5H3,(H,20,22). The normalized spacial score (nSPS) is 26.9. The molecule has 1 aliphatic heterocycles. The van der Waals surface area contributed by atoms with E-state index in [9.17, 15) is 4.79 Å². The average Bonchev–Trinajstić information content (AvgIpc) is 2.86. The fourth-order valence-electron chi connectivity index (χ4n) is 3.52. The Morgan fingerprint density at radius 1 is 1.17 bits per heavy atom. The van der Waals surface area contributed by atoms with Gasteiger partial charge in [0.2, 0.25) is 0 Å². The number of hydrogen-bond donors (Lipinski definition) is 2. The lowest BCUT2D eigenvalue weighted by Crippen LogP contribution is -2.55. The van der Waals surface area contributed by atoms with E-state index >= 15 is 0 Å². The highest BCUT2D eigenvalue weighted by molar-refractivity contribution is 5.68. The first kappa shape index (κ1) is 18.5. The molecule has 1 amide bonds. The van der Waals surface area contributed by atoms with Gasteiger partial charge in [0, 0.05) is 24.7 Å². The van der Waals surface area contributed by atoms with Crippen molar-refractivity contribution in [2.75, 3.05) is 19.6 Å². The number of hydrogen-bond acceptors (Lipinski definition) is 4. The molecule has 0 aromatic heterocycles. The maximum absolute atomic E-state index is 11.7. The van der Waals surface area contributed by atoms with Gasteiger partial charge in [0.15, 0.2) is 0 Å². The highest BCUT2D eigenvalue weighted by Gasteiger charge is 2.33. The van der Waals surface area contributed by atoms with Crippen LogP contribution in [0.15, 0.2) is 0 Å². The Morgan fingerprint density at radius 3 is 2.30 bits per heavy atom. The Hall–Kier alpha value is -0.810. The minimum atomic E-state index is -0.425. The Kier molecular flexibility index (Phi) is 6.32. The third-order valence-electron chi connectivity index (χ3n) is 4.85. The van der Waals surface area contributed by atoms with E-state index in [0.29, 0.717) is 18.0 Å². The van der Waals surface area contributed by atoms with Gasteiger partial charge in [0.25, 0.3) is 0 Å². The first-order valence-electron chi connectivity index (χ1n) is 9.21. The first-order valence-corrected chi connectivity index (χ1v) is 9.21. The summed E-state index contributed by atoms with van der Waals surface area (Å²) in [6.45, 7) is 13.9. The van der Waals surface area contributed by atoms with Gasteiger partial charge in [-0.3, -0.25) is 4.90 Å². The molecule has 2 fully saturated rings. The average molecular weight is 325 g/mol. The van der Waals surface area contributed by atoms with Gasteiger partial charge in [-0.2, -0.15) is 0 Å². The largest absolute Gasteiger partial charge is 0.444 e. The molecule has 0 spiro atoms. The summed E-state index contributed by atoms with van der Waals surface area (Å²) >= 11 is 0. The van der Waals surface area contributed by atoms with Crippen LogP contribution in [-0.2, 0) is 4.74 Å². The second-order valence-corrected chi connectivity index (χ2v) is 8.47. The number of nitrogens with one attached hydrogen (secondary N) is 2. The summed E-state index contributed by atoms with van der Waals surface area (Å²) in [6, 6.07) is 1.42. The van der Waals surface area contributed by atoms with Crippen molar-refractivity contribution in [1.82, 2.24) is 15.5 Å². The number of likely N-dealkylation sites (tertiary alicyclic amines) is 1. The van der Waals surface area contributed by atoms with Gasteiger partial charge in [-0.1, -0.05) is 13.8 Å². The lowest BCUT2D eigenvalue weighted by molar-refractivity contribution is 0.0462. The van der Waals surface area contributed by atoms with Gasteiger partial charge < -0.3 is 15.4 Å². The van der Waals surface area contributed by atoms with E-state index < -0.39 is 5.60 Å². The van der Waals surface area contributed by atoms with Crippen molar-refractivity contribution in [2.24, 2.45) is 5.92 Å². The number of alkyl carbamates (subject to hydrolysis) is 1. The maximum Gasteiger partial charge on any atom is 0.407 e. The molecular formula is C18H35N3O2. The minimum Gasteiger partial charge on any atom is -0.444 e. The van der Waals surface area contributed by atoms with Gasteiger partial charge in [0.05, 0.1) is 0 Å². The third kappa shape index (κ3) is 5.96. The Labute approximate surface area is 141 Å². The summed E-state index contributed by atoms with van der Waals surface area (Å²) in [6.07, 6.45) is 4.40. The van der Waals surface area contributed by atoms with Crippen molar-refractivity contribution in [1.29, 1.82) is 0 Å². The molecule has 134 valence electrons. The van der Waals surface area contributed by atoms with Crippen molar-refractivity contribution in [2.45, 2.75) is 84.0 Å². The zero-order valence-electron chi connectivity index (χ0n) is 15.5. The summed E-state index contributed by atoms with van der Waals surface area (Å²) in [5.74, 6) is 0.677. The van der Waals surface area contributed by atoms with Crippen molar-refractivity contribution in [3.63, 3.8) is 0 Å². The number of rotatable bonds is 6. The molecule has 23 heavy (non-hydrogen) atoms. The molecule has 0 bridgehead atoms. The van der Waals surface area contributed by atoms with Crippen LogP contribution in [0.1, 0.15) is 60.3 Å². The monoisotopic (exact) mass is 325 g/mol. The highest BCUT2D eigenvalue weighted by atomic mass is 16.6. The summed E-state index contributed by atoms with van der Waals surface area (Å²) in [7, 11) is 0. The van der Waals surface area contributed by atoms with E-state index in [4.69, 9.17) is 4.74 Å². The van der Waals surface area contributed by atoms with Crippen LogP contribution in [0.25, 0.3) is 0 Å². The molecule has 2 aliphatic rings. The van der Waals surface area contributed by atoms with Gasteiger partial charge in [-0.25, -0.2) is 4.79 Å². The molecule has 1 unspecified atom stereocenters. The van der Waals surface area contributed by atoms with Crippen molar-refractivity contribution in [3.8, 4) is 0 Å². The SMILES string of the molecule is CC(C)C(CNC1CC(NC(=O)OC(C)(C)C)C1)N1CCCC1. The van der Waals surface area contributed by atoms with Gasteiger partial charge in [0.1, 0.15) is 5.60 Å². The summed E-state index contributed by atoms with van der Waals surface area (Å²) < 4.78 is 5.30. The molecule has 5 nitrogen and oxygen atoms in total. The van der Waals surface area contributed by atoms with Crippen LogP contribution in [0, 0.1) is 5.92 Å². The Morgan fingerprint density at radius 2 is 1.78 bits per heavy atom. The van der Waals surface area contributed by atoms with Crippen LogP contribution < -0.4 is 10.6 Å². The molecule has 2 rings (SSSR count). The molecule has 0 aromatic carbocycles. The van der Waals surface area contributed by atoms with E-state index in [1.54, 1.807) is 0 Å². The van der Waals surface area contributed by atoms with Crippen molar-refractivity contribution in [3.05, 3.63) is 0 Å². The predicted octanol–water partition coefficient (Wildman–Crippen LogP) is 2.75. The lowest BCUT2D eigenvalue weighted by atomic mass is 9.86. The van der Waals surface area contributed by atoms with Crippen LogP contribution >= 0.6 is 0 Å². The maximum atomic E-state index is 11.7. The lowest BCUT2D eigenvalue weighted by Gasteiger charge is -2.39. The van der Waals surface area contributed by atoms with Gasteiger partial charge in [-0.15, -0.1) is 0 Å². The number of carbonyl (C=O) groups is 1. The number of carbonyl (C=O) groups excluding carboxylic acids is 1. The fraction of sp³-hybridized carbons (Fsp3) is 0.944. The molecule has 2 N–H and O–H groups in total. The summed E-state index contributed by atoms with van der Waals surface area (Å²) in [4.78, 5) is 14.4. The molecule has 1 heterocycles. The van der Waals surface area contributed by atoms with E-state index in [0.717, 1.165) is 19.4 Å². The first-order chi connectivity index (χ1) is 10.7. The van der Waals surface area contributed by atoms with Crippen LogP contribution in [0.3, 0.4) is 0 Å². The molecular weight excluding hydrogens is 290 g/mol. The van der Waals surface area contributed by atoms with Crippen molar-refractivity contribution >= 4 is 6.09 Å². The van der Waals surface area contributed by atoms with Crippen molar-refractivity contribution < 1.29 is 9.53 Å². The van der Waals surface area contributed by atoms with Gasteiger partial charge >= 0.3 is 6.09 Å². The smallest absolute Gasteiger partial charge is 0.407 e. The molecule has 1 aliphatic carbocycles. The second kappa shape index (κ2) is 7.84. The molecule has 1 atom stereocenters. The van der Waals surface area contributed by atoms with Crippen LogP contribution in [0.4, 0.5) is 4.79 Å². The summed E-state index contributed by atoms with van der Waals surface area (Å²) in [5, 5.41) is 6.65. The number of nitrogens with zero attached hydrogens (tertiary/aromatic N) is 1. The highest BCUT2D eigenvalue weighted by Crippen LogP contribution is 2.22. The molecule has 1 saturated carbocycles.